The molecule has 0 aromatic heterocycles. The fourth-order valence-electron chi connectivity index (χ4n) is 2.31. The molecule has 2 amide bonds. The Bertz CT molecular complexity index is 265. The van der Waals surface area contributed by atoms with E-state index < -0.39 is 6.10 Å². The molecular formula is C14H28N2O2. The van der Waals surface area contributed by atoms with Crippen LogP contribution >= 0.6 is 0 Å². The van der Waals surface area contributed by atoms with Crippen molar-refractivity contribution >= 4 is 6.03 Å². The molecule has 1 atom stereocenters. The summed E-state index contributed by atoms with van der Waals surface area (Å²) >= 11 is 0. The number of hydrogen-bond donors (Lipinski definition) is 2. The first-order valence-electron chi connectivity index (χ1n) is 6.99. The molecule has 1 fully saturated rings. The van der Waals surface area contributed by atoms with Gasteiger partial charge in [0.25, 0.3) is 0 Å². The molecule has 2 N–H and O–H groups in total. The van der Waals surface area contributed by atoms with Crippen LogP contribution in [0.4, 0.5) is 4.79 Å². The summed E-state index contributed by atoms with van der Waals surface area (Å²) in [7, 11) is 0. The molecule has 0 aromatic carbocycles. The van der Waals surface area contributed by atoms with Gasteiger partial charge < -0.3 is 15.3 Å². The number of aliphatic hydroxyl groups excluding tert-OH is 1. The first-order chi connectivity index (χ1) is 8.28. The summed E-state index contributed by atoms with van der Waals surface area (Å²) in [5.74, 6) is 0.723. The monoisotopic (exact) mass is 256 g/mol. The van der Waals surface area contributed by atoms with Crippen molar-refractivity contribution in [1.82, 2.24) is 10.2 Å². The van der Waals surface area contributed by atoms with Crippen molar-refractivity contribution in [2.45, 2.75) is 53.1 Å². The number of amides is 2. The molecule has 0 bridgehead atoms. The third-order valence-corrected chi connectivity index (χ3v) is 3.41. The van der Waals surface area contributed by atoms with Crippen LogP contribution in [0.1, 0.15) is 47.0 Å². The lowest BCUT2D eigenvalue weighted by molar-refractivity contribution is 0.115. The SMILES string of the molecule is CC1CCN(C(=O)NCC(O)CC(C)(C)C)CC1. The fraction of sp³-hybridized carbons (Fsp3) is 0.929. The van der Waals surface area contributed by atoms with Gasteiger partial charge >= 0.3 is 6.03 Å². The molecule has 1 heterocycles. The average molecular weight is 256 g/mol. The Balaban J connectivity index is 2.24. The van der Waals surface area contributed by atoms with Crippen molar-refractivity contribution in [3.8, 4) is 0 Å². The van der Waals surface area contributed by atoms with Crippen molar-refractivity contribution in [3.63, 3.8) is 0 Å². The quantitative estimate of drug-likeness (QED) is 0.813. The molecule has 0 spiro atoms. The summed E-state index contributed by atoms with van der Waals surface area (Å²) in [4.78, 5) is 13.7. The molecule has 106 valence electrons. The third-order valence-electron chi connectivity index (χ3n) is 3.41. The van der Waals surface area contributed by atoms with Crippen LogP contribution in [0, 0.1) is 11.3 Å². The molecule has 1 unspecified atom stereocenters. The van der Waals surface area contributed by atoms with Gasteiger partial charge in [-0.3, -0.25) is 0 Å². The number of likely N-dealkylation sites (tertiary alicyclic amines) is 1. The van der Waals surface area contributed by atoms with Crippen molar-refractivity contribution in [3.05, 3.63) is 0 Å². The minimum Gasteiger partial charge on any atom is -0.391 e. The Morgan fingerprint density at radius 3 is 2.44 bits per heavy atom. The van der Waals surface area contributed by atoms with Crippen LogP contribution in [0.3, 0.4) is 0 Å². The number of carbonyl (C=O) groups excluding carboxylic acids is 1. The highest BCUT2D eigenvalue weighted by atomic mass is 16.3. The van der Waals surface area contributed by atoms with Gasteiger partial charge in [-0.1, -0.05) is 27.7 Å². The molecule has 18 heavy (non-hydrogen) atoms. The van der Waals surface area contributed by atoms with Gasteiger partial charge in [-0.25, -0.2) is 4.79 Å². The normalized spacial score (nSPS) is 19.7. The summed E-state index contributed by atoms with van der Waals surface area (Å²) in [5, 5.41) is 12.7. The lowest BCUT2D eigenvalue weighted by Gasteiger charge is -2.31. The molecule has 0 aliphatic carbocycles. The van der Waals surface area contributed by atoms with E-state index in [1.165, 1.54) is 0 Å². The van der Waals surface area contributed by atoms with Gasteiger partial charge in [0.1, 0.15) is 0 Å². The van der Waals surface area contributed by atoms with Gasteiger partial charge in [0.2, 0.25) is 0 Å². The van der Waals surface area contributed by atoms with E-state index in [-0.39, 0.29) is 11.4 Å². The zero-order valence-corrected chi connectivity index (χ0v) is 12.2. The van der Waals surface area contributed by atoms with E-state index in [2.05, 4.69) is 33.0 Å². The highest BCUT2D eigenvalue weighted by Gasteiger charge is 2.21. The number of urea groups is 1. The second-order valence-corrected chi connectivity index (χ2v) is 6.77. The molecule has 4 heteroatoms. The molecule has 1 aliphatic heterocycles. The number of hydrogen-bond acceptors (Lipinski definition) is 2. The van der Waals surface area contributed by atoms with E-state index in [1.54, 1.807) is 0 Å². The summed E-state index contributed by atoms with van der Waals surface area (Å²) in [6.45, 7) is 10.5. The van der Waals surface area contributed by atoms with Crippen LogP contribution in [0.15, 0.2) is 0 Å². The summed E-state index contributed by atoms with van der Waals surface area (Å²) in [6, 6.07) is -0.0325. The Labute approximate surface area is 111 Å². The minimum atomic E-state index is -0.460. The van der Waals surface area contributed by atoms with Crippen LogP contribution in [-0.2, 0) is 0 Å². The standard InChI is InChI=1S/C14H28N2O2/c1-11-5-7-16(8-6-11)13(18)15-10-12(17)9-14(2,3)4/h11-12,17H,5-10H2,1-4H3,(H,15,18). The van der Waals surface area contributed by atoms with Crippen LogP contribution in [0.5, 0.6) is 0 Å². The van der Waals surface area contributed by atoms with E-state index in [4.69, 9.17) is 0 Å². The molecule has 1 saturated heterocycles. The van der Waals surface area contributed by atoms with Gasteiger partial charge in [0.05, 0.1) is 6.10 Å². The number of nitrogens with zero attached hydrogens (tertiary/aromatic N) is 1. The topological polar surface area (TPSA) is 52.6 Å². The van der Waals surface area contributed by atoms with Crippen LogP contribution in [-0.4, -0.2) is 41.8 Å². The largest absolute Gasteiger partial charge is 0.391 e. The van der Waals surface area contributed by atoms with E-state index >= 15 is 0 Å². The Morgan fingerprint density at radius 2 is 1.94 bits per heavy atom. The highest BCUT2D eigenvalue weighted by Crippen LogP contribution is 2.20. The number of nitrogens with one attached hydrogen (secondary N) is 1. The van der Waals surface area contributed by atoms with E-state index in [0.717, 1.165) is 31.8 Å². The third kappa shape index (κ3) is 5.71. The minimum absolute atomic E-state index is 0.0325. The Morgan fingerprint density at radius 1 is 1.39 bits per heavy atom. The van der Waals surface area contributed by atoms with Gasteiger partial charge in [-0.05, 0) is 30.6 Å². The predicted octanol–water partition coefficient (Wildman–Crippen LogP) is 2.22. The van der Waals surface area contributed by atoms with Crippen molar-refractivity contribution in [1.29, 1.82) is 0 Å². The van der Waals surface area contributed by atoms with Crippen molar-refractivity contribution in [2.75, 3.05) is 19.6 Å². The zero-order valence-electron chi connectivity index (χ0n) is 12.2. The van der Waals surface area contributed by atoms with E-state index in [1.807, 2.05) is 4.90 Å². The molecule has 0 aromatic rings. The molecule has 0 radical (unpaired) electrons. The average Bonchev–Trinajstić information content (AvgIpc) is 2.24. The van der Waals surface area contributed by atoms with Crippen molar-refractivity contribution < 1.29 is 9.90 Å². The van der Waals surface area contributed by atoms with Gasteiger partial charge in [0.15, 0.2) is 0 Å². The Kier molecular flexibility index (Phi) is 5.45. The molecule has 4 nitrogen and oxygen atoms in total. The summed E-state index contributed by atoms with van der Waals surface area (Å²) in [6.07, 6.45) is 2.40. The van der Waals surface area contributed by atoms with E-state index in [9.17, 15) is 9.90 Å². The number of aliphatic hydroxyl groups is 1. The number of piperidine rings is 1. The maximum atomic E-state index is 11.9. The second-order valence-electron chi connectivity index (χ2n) is 6.77. The maximum absolute atomic E-state index is 11.9. The van der Waals surface area contributed by atoms with Gasteiger partial charge in [-0.2, -0.15) is 0 Å². The highest BCUT2D eigenvalue weighted by molar-refractivity contribution is 5.74. The molecular weight excluding hydrogens is 228 g/mol. The maximum Gasteiger partial charge on any atom is 0.317 e. The first-order valence-corrected chi connectivity index (χ1v) is 6.99. The fourth-order valence-corrected chi connectivity index (χ4v) is 2.31. The smallest absolute Gasteiger partial charge is 0.317 e. The molecule has 0 saturated carbocycles. The molecule has 1 rings (SSSR count). The van der Waals surface area contributed by atoms with Crippen LogP contribution in [0.2, 0.25) is 0 Å². The summed E-state index contributed by atoms with van der Waals surface area (Å²) in [5.41, 5.74) is 0.0880. The zero-order chi connectivity index (χ0) is 13.8. The molecule has 1 aliphatic rings. The number of carbonyl (C=O) groups is 1. The van der Waals surface area contributed by atoms with Crippen LogP contribution in [0.25, 0.3) is 0 Å². The summed E-state index contributed by atoms with van der Waals surface area (Å²) < 4.78 is 0. The lowest BCUT2D eigenvalue weighted by atomic mass is 9.89. The van der Waals surface area contributed by atoms with Crippen molar-refractivity contribution in [2.24, 2.45) is 11.3 Å². The first kappa shape index (κ1) is 15.3. The number of rotatable bonds is 3. The van der Waals surface area contributed by atoms with Gasteiger partial charge in [0, 0.05) is 19.6 Å². The predicted molar refractivity (Wildman–Crippen MR) is 73.4 cm³/mol. The van der Waals surface area contributed by atoms with Crippen LogP contribution < -0.4 is 5.32 Å². The Hall–Kier alpha value is -0.770. The second kappa shape index (κ2) is 6.41. The lowest BCUT2D eigenvalue weighted by Crippen LogP contribution is -2.46. The van der Waals surface area contributed by atoms with Gasteiger partial charge in [-0.15, -0.1) is 0 Å². The van der Waals surface area contributed by atoms with E-state index in [0.29, 0.717) is 13.0 Å².